The minimum absolute atomic E-state index is 0.0755. The van der Waals surface area contributed by atoms with Gasteiger partial charge in [0.05, 0.1) is 18.8 Å². The smallest absolute Gasteiger partial charge is 0.343 e. The summed E-state index contributed by atoms with van der Waals surface area (Å²) in [5.41, 5.74) is 0.260. The molecule has 0 saturated heterocycles. The van der Waals surface area contributed by atoms with Crippen LogP contribution in [-0.4, -0.2) is 25.2 Å². The molecule has 0 aliphatic rings. The summed E-state index contributed by atoms with van der Waals surface area (Å²) in [6, 6.07) is 9.22. The van der Waals surface area contributed by atoms with Crippen molar-refractivity contribution in [2.75, 3.05) is 13.2 Å². The van der Waals surface area contributed by atoms with E-state index in [1.807, 2.05) is 0 Å². The normalized spacial score (nSPS) is 10.3. The van der Waals surface area contributed by atoms with E-state index in [1.165, 1.54) is 18.2 Å². The third-order valence-electron chi connectivity index (χ3n) is 3.91. The van der Waals surface area contributed by atoms with Gasteiger partial charge in [0.1, 0.15) is 11.5 Å². The van der Waals surface area contributed by atoms with Gasteiger partial charge in [-0.3, -0.25) is 0 Å². The number of halogens is 2. The zero-order valence-electron chi connectivity index (χ0n) is 15.9. The molecular weight excluding hydrogens is 382 g/mol. The van der Waals surface area contributed by atoms with Gasteiger partial charge in [0.15, 0.2) is 11.6 Å². The molecule has 2 aromatic rings. The van der Waals surface area contributed by atoms with Gasteiger partial charge in [0.25, 0.3) is 0 Å². The molecule has 0 amide bonds. The van der Waals surface area contributed by atoms with E-state index < -0.39 is 23.6 Å². The Morgan fingerprint density at radius 2 is 1.52 bits per heavy atom. The van der Waals surface area contributed by atoms with Gasteiger partial charge >= 0.3 is 11.9 Å². The number of rotatable bonds is 11. The quantitative estimate of drug-likeness (QED) is 0.232. The molecule has 5 nitrogen and oxygen atoms in total. The molecular formula is C22H22F2O5. The molecule has 2 rings (SSSR count). The van der Waals surface area contributed by atoms with E-state index in [0.717, 1.165) is 43.9 Å². The first-order valence-corrected chi connectivity index (χ1v) is 9.19. The molecule has 7 heteroatoms. The Labute approximate surface area is 167 Å². The van der Waals surface area contributed by atoms with Crippen molar-refractivity contribution in [3.63, 3.8) is 0 Å². The molecule has 0 radical (unpaired) electrons. The maximum absolute atomic E-state index is 13.2. The van der Waals surface area contributed by atoms with Crippen LogP contribution < -0.4 is 9.47 Å². The Bertz CT molecular complexity index is 834. The van der Waals surface area contributed by atoms with Crippen molar-refractivity contribution in [2.24, 2.45) is 0 Å². The van der Waals surface area contributed by atoms with Gasteiger partial charge in [-0.2, -0.15) is 0 Å². The number of hydrogen-bond donors (Lipinski definition) is 0. The van der Waals surface area contributed by atoms with Crippen molar-refractivity contribution in [1.82, 2.24) is 0 Å². The fourth-order valence-electron chi connectivity index (χ4n) is 2.37. The van der Waals surface area contributed by atoms with E-state index in [-0.39, 0.29) is 11.3 Å². The number of carbonyl (C=O) groups excluding carboxylic acids is 2. The predicted molar refractivity (Wildman–Crippen MR) is 103 cm³/mol. The highest BCUT2D eigenvalue weighted by molar-refractivity contribution is 5.91. The SMILES string of the molecule is C=CC(=O)OCCCCCCOc1ccc(C(=O)Oc2ccc(F)c(F)c2)cc1. The van der Waals surface area contributed by atoms with Crippen molar-refractivity contribution >= 4 is 11.9 Å². The molecule has 0 aromatic heterocycles. The van der Waals surface area contributed by atoms with Crippen LogP contribution in [0, 0.1) is 11.6 Å². The average molecular weight is 404 g/mol. The maximum atomic E-state index is 13.2. The van der Waals surface area contributed by atoms with Gasteiger partial charge < -0.3 is 14.2 Å². The molecule has 29 heavy (non-hydrogen) atoms. The van der Waals surface area contributed by atoms with Gasteiger partial charge in [0, 0.05) is 12.1 Å². The second kappa shape index (κ2) is 11.6. The molecule has 0 N–H and O–H groups in total. The lowest BCUT2D eigenvalue weighted by Crippen LogP contribution is -2.08. The zero-order chi connectivity index (χ0) is 21.1. The average Bonchev–Trinajstić information content (AvgIpc) is 2.72. The van der Waals surface area contributed by atoms with Crippen LogP contribution in [0.1, 0.15) is 36.0 Å². The first-order chi connectivity index (χ1) is 14.0. The van der Waals surface area contributed by atoms with Crippen LogP contribution in [0.3, 0.4) is 0 Å². The van der Waals surface area contributed by atoms with E-state index in [2.05, 4.69) is 6.58 Å². The van der Waals surface area contributed by atoms with Crippen LogP contribution >= 0.6 is 0 Å². The zero-order valence-corrected chi connectivity index (χ0v) is 15.9. The van der Waals surface area contributed by atoms with E-state index in [9.17, 15) is 18.4 Å². The summed E-state index contributed by atoms with van der Waals surface area (Å²) in [5, 5.41) is 0. The van der Waals surface area contributed by atoms with Crippen molar-refractivity contribution < 1.29 is 32.6 Å². The highest BCUT2D eigenvalue weighted by Gasteiger charge is 2.11. The van der Waals surface area contributed by atoms with Gasteiger partial charge in [-0.05, 0) is 62.1 Å². The van der Waals surface area contributed by atoms with E-state index in [0.29, 0.717) is 19.0 Å². The Hall–Kier alpha value is -3.22. The maximum Gasteiger partial charge on any atom is 0.343 e. The Morgan fingerprint density at radius 1 is 0.862 bits per heavy atom. The monoisotopic (exact) mass is 404 g/mol. The summed E-state index contributed by atoms with van der Waals surface area (Å²) in [5.74, 6) is -2.66. The van der Waals surface area contributed by atoms with Gasteiger partial charge in [-0.1, -0.05) is 6.58 Å². The van der Waals surface area contributed by atoms with Crippen molar-refractivity contribution in [1.29, 1.82) is 0 Å². The number of benzene rings is 2. The number of esters is 2. The Kier molecular flexibility index (Phi) is 8.82. The van der Waals surface area contributed by atoms with Gasteiger partial charge in [0.2, 0.25) is 0 Å². The lowest BCUT2D eigenvalue weighted by molar-refractivity contribution is -0.137. The molecule has 0 bridgehead atoms. The van der Waals surface area contributed by atoms with E-state index >= 15 is 0 Å². The summed E-state index contributed by atoms with van der Waals surface area (Å²) in [6.45, 7) is 4.23. The summed E-state index contributed by atoms with van der Waals surface area (Å²) in [4.78, 5) is 22.9. The molecule has 0 aliphatic heterocycles. The number of carbonyl (C=O) groups is 2. The molecule has 0 heterocycles. The highest BCUT2D eigenvalue weighted by atomic mass is 19.2. The molecule has 154 valence electrons. The molecule has 0 fully saturated rings. The van der Waals surface area contributed by atoms with Crippen LogP contribution in [0.15, 0.2) is 55.1 Å². The lowest BCUT2D eigenvalue weighted by Gasteiger charge is -2.08. The fraction of sp³-hybridized carbons (Fsp3) is 0.273. The third-order valence-corrected chi connectivity index (χ3v) is 3.91. The summed E-state index contributed by atoms with van der Waals surface area (Å²) < 4.78 is 41.6. The minimum Gasteiger partial charge on any atom is -0.494 e. The molecule has 0 atom stereocenters. The van der Waals surface area contributed by atoms with Crippen LogP contribution in [0.2, 0.25) is 0 Å². The predicted octanol–water partition coefficient (Wildman–Crippen LogP) is 4.85. The second-order valence-electron chi connectivity index (χ2n) is 6.12. The van der Waals surface area contributed by atoms with Crippen molar-refractivity contribution in [3.8, 4) is 11.5 Å². The largest absolute Gasteiger partial charge is 0.494 e. The highest BCUT2D eigenvalue weighted by Crippen LogP contribution is 2.18. The van der Waals surface area contributed by atoms with Gasteiger partial charge in [-0.15, -0.1) is 0 Å². The lowest BCUT2D eigenvalue weighted by atomic mass is 10.2. The van der Waals surface area contributed by atoms with Crippen molar-refractivity contribution in [2.45, 2.75) is 25.7 Å². The number of ether oxygens (including phenoxy) is 3. The summed E-state index contributed by atoms with van der Waals surface area (Å²) in [6.07, 6.45) is 4.62. The van der Waals surface area contributed by atoms with Gasteiger partial charge in [-0.25, -0.2) is 18.4 Å². The molecule has 0 aliphatic carbocycles. The second-order valence-corrected chi connectivity index (χ2v) is 6.12. The third kappa shape index (κ3) is 7.73. The minimum atomic E-state index is -1.09. The number of unbranched alkanes of at least 4 members (excludes halogenated alkanes) is 3. The fourth-order valence-corrected chi connectivity index (χ4v) is 2.37. The molecule has 0 unspecified atom stereocenters. The molecule has 2 aromatic carbocycles. The molecule has 0 saturated carbocycles. The first kappa shape index (κ1) is 22.1. The summed E-state index contributed by atoms with van der Waals surface area (Å²) in [7, 11) is 0. The van der Waals surface area contributed by atoms with Crippen LogP contribution in [0.25, 0.3) is 0 Å². The number of hydrogen-bond acceptors (Lipinski definition) is 5. The van der Waals surface area contributed by atoms with E-state index in [4.69, 9.17) is 14.2 Å². The Balaban J connectivity index is 1.67. The summed E-state index contributed by atoms with van der Waals surface area (Å²) >= 11 is 0. The van der Waals surface area contributed by atoms with E-state index in [1.54, 1.807) is 12.1 Å². The van der Waals surface area contributed by atoms with Crippen LogP contribution in [0.4, 0.5) is 8.78 Å². The topological polar surface area (TPSA) is 61.8 Å². The molecule has 0 spiro atoms. The standard InChI is InChI=1S/C22H22F2O5/c1-2-21(25)28-14-6-4-3-5-13-27-17-9-7-16(8-10-17)22(26)29-18-11-12-19(23)20(24)15-18/h2,7-12,15H,1,3-6,13-14H2. The van der Waals surface area contributed by atoms with Crippen LogP contribution in [-0.2, 0) is 9.53 Å². The first-order valence-electron chi connectivity index (χ1n) is 9.19. The van der Waals surface area contributed by atoms with Crippen molar-refractivity contribution in [3.05, 3.63) is 72.3 Å². The Morgan fingerprint density at radius 3 is 2.17 bits per heavy atom. The van der Waals surface area contributed by atoms with Crippen LogP contribution in [0.5, 0.6) is 11.5 Å².